The van der Waals surface area contributed by atoms with Gasteiger partial charge in [-0.05, 0) is 69.1 Å². The van der Waals surface area contributed by atoms with E-state index < -0.39 is 0 Å². The maximum atomic E-state index is 2.56. The van der Waals surface area contributed by atoms with Crippen LogP contribution in [0.2, 0.25) is 0 Å². The maximum Gasteiger partial charge on any atom is -0.0233 e. The van der Waals surface area contributed by atoms with Gasteiger partial charge in [-0.3, -0.25) is 0 Å². The minimum Gasteiger partial charge on any atom is -0.0914 e. The molecule has 2 aliphatic carbocycles. The molecule has 0 N–H and O–H groups in total. The predicted octanol–water partition coefficient (Wildman–Crippen LogP) is 5.75. The topological polar surface area (TPSA) is 0 Å². The van der Waals surface area contributed by atoms with Crippen LogP contribution in [0.25, 0.3) is 0 Å². The van der Waals surface area contributed by atoms with Crippen molar-refractivity contribution in [2.75, 3.05) is 0 Å². The molecule has 0 aliphatic heterocycles. The summed E-state index contributed by atoms with van der Waals surface area (Å²) in [6.45, 7) is 4.55. The van der Waals surface area contributed by atoms with Crippen molar-refractivity contribution < 1.29 is 0 Å². The number of hydrogen-bond donors (Lipinski definition) is 0. The molecule has 0 bridgehead atoms. The summed E-state index contributed by atoms with van der Waals surface area (Å²) in [7, 11) is 0. The lowest BCUT2D eigenvalue weighted by atomic mass is 9.79. The highest BCUT2D eigenvalue weighted by Crippen LogP contribution is 2.33. The van der Waals surface area contributed by atoms with E-state index in [1.54, 1.807) is 0 Å². The fraction of sp³-hybridized carbons (Fsp3) is 0.778. The molecule has 0 saturated heterocycles. The fourth-order valence-corrected chi connectivity index (χ4v) is 3.59. The lowest BCUT2D eigenvalue weighted by Crippen LogP contribution is -2.13. The molecule has 0 aromatic rings. The summed E-state index contributed by atoms with van der Waals surface area (Å²) >= 11 is 0. The molecule has 0 atom stereocenters. The smallest absolute Gasteiger partial charge is 0.0233 e. The van der Waals surface area contributed by atoms with Crippen LogP contribution >= 0.6 is 0 Å². The van der Waals surface area contributed by atoms with Crippen LogP contribution in [-0.2, 0) is 0 Å². The van der Waals surface area contributed by atoms with E-state index in [1.165, 1.54) is 51.4 Å². The summed E-state index contributed by atoms with van der Waals surface area (Å²) in [5.41, 5.74) is 0. The van der Waals surface area contributed by atoms with E-state index >= 15 is 0 Å². The second kappa shape index (κ2) is 7.16. The first-order chi connectivity index (χ1) is 8.78. The van der Waals surface area contributed by atoms with Gasteiger partial charge in [-0.2, -0.15) is 0 Å². The third-order valence-corrected chi connectivity index (χ3v) is 5.00. The highest BCUT2D eigenvalue weighted by atomic mass is 14.2. The van der Waals surface area contributed by atoms with Crippen molar-refractivity contribution in [3.63, 3.8) is 0 Å². The van der Waals surface area contributed by atoms with Gasteiger partial charge in [0.2, 0.25) is 0 Å². The molecule has 0 spiro atoms. The first-order valence-electron chi connectivity index (χ1n) is 8.09. The zero-order valence-corrected chi connectivity index (χ0v) is 12.3. The molecule has 0 aromatic carbocycles. The van der Waals surface area contributed by atoms with Gasteiger partial charge in [0.25, 0.3) is 0 Å². The molecule has 0 amide bonds. The van der Waals surface area contributed by atoms with Gasteiger partial charge >= 0.3 is 0 Å². The second-order valence-electron chi connectivity index (χ2n) is 6.61. The Bertz CT molecular complexity index is 270. The Morgan fingerprint density at radius 1 is 0.611 bits per heavy atom. The molecule has 0 heterocycles. The Balaban J connectivity index is 1.71. The van der Waals surface area contributed by atoms with Crippen LogP contribution in [0, 0.1) is 23.7 Å². The summed E-state index contributed by atoms with van der Waals surface area (Å²) in [6, 6.07) is 0. The van der Waals surface area contributed by atoms with Crippen LogP contribution in [0.3, 0.4) is 0 Å². The molecule has 0 unspecified atom stereocenters. The van der Waals surface area contributed by atoms with Crippen molar-refractivity contribution in [3.8, 4) is 0 Å². The Labute approximate surface area is 114 Å². The molecule has 0 aromatic heterocycles. The van der Waals surface area contributed by atoms with Crippen molar-refractivity contribution in [1.29, 1.82) is 0 Å². The zero-order valence-electron chi connectivity index (χ0n) is 12.3. The predicted molar refractivity (Wildman–Crippen MR) is 80.5 cm³/mol. The number of rotatable bonds is 3. The fourth-order valence-electron chi connectivity index (χ4n) is 3.59. The quantitative estimate of drug-likeness (QED) is 0.556. The molecule has 2 aliphatic rings. The average Bonchev–Trinajstić information content (AvgIpc) is 2.40. The summed E-state index contributed by atoms with van der Waals surface area (Å²) in [5, 5.41) is 0. The first kappa shape index (κ1) is 13.9. The lowest BCUT2D eigenvalue weighted by molar-refractivity contribution is 0.325. The highest BCUT2D eigenvalue weighted by Gasteiger charge is 2.19. The Hall–Kier alpha value is -0.520. The maximum absolute atomic E-state index is 2.56. The van der Waals surface area contributed by atoms with Crippen LogP contribution in [0.4, 0.5) is 0 Å². The van der Waals surface area contributed by atoms with Gasteiger partial charge in [0, 0.05) is 0 Å². The van der Waals surface area contributed by atoms with Crippen LogP contribution in [0.5, 0.6) is 0 Å². The van der Waals surface area contributed by atoms with Gasteiger partial charge in [0.1, 0.15) is 0 Å². The molecule has 0 nitrogen and oxygen atoms in total. The standard InChI is InChI=1S/C18H30/c1-3-4-16-9-11-18(12-10-16)14-13-17-7-5-15(2)6-8-17/h3-4,13-18H,5-12H2,1-2H3/b4-3?,14-13+. The lowest BCUT2D eigenvalue weighted by Gasteiger charge is -2.26. The highest BCUT2D eigenvalue weighted by molar-refractivity contribution is 4.98. The summed E-state index contributed by atoms with van der Waals surface area (Å²) in [6.07, 6.45) is 21.2. The average molecular weight is 246 g/mol. The van der Waals surface area contributed by atoms with Crippen molar-refractivity contribution in [2.24, 2.45) is 23.7 Å². The largest absolute Gasteiger partial charge is 0.0914 e. The van der Waals surface area contributed by atoms with Crippen LogP contribution < -0.4 is 0 Å². The Morgan fingerprint density at radius 2 is 1.00 bits per heavy atom. The van der Waals surface area contributed by atoms with Gasteiger partial charge in [-0.1, -0.05) is 44.1 Å². The number of hydrogen-bond acceptors (Lipinski definition) is 0. The van der Waals surface area contributed by atoms with E-state index in [0.29, 0.717) is 0 Å². The molecule has 0 heteroatoms. The van der Waals surface area contributed by atoms with E-state index in [-0.39, 0.29) is 0 Å². The summed E-state index contributed by atoms with van der Waals surface area (Å²) in [5.74, 6) is 3.63. The van der Waals surface area contributed by atoms with E-state index in [1.807, 2.05) is 0 Å². The monoisotopic (exact) mass is 246 g/mol. The van der Waals surface area contributed by atoms with E-state index in [0.717, 1.165) is 23.7 Å². The minimum absolute atomic E-state index is 0.871. The van der Waals surface area contributed by atoms with Gasteiger partial charge in [0.15, 0.2) is 0 Å². The molecule has 102 valence electrons. The van der Waals surface area contributed by atoms with Gasteiger partial charge in [0.05, 0.1) is 0 Å². The minimum atomic E-state index is 0.871. The van der Waals surface area contributed by atoms with E-state index in [4.69, 9.17) is 0 Å². The summed E-state index contributed by atoms with van der Waals surface area (Å²) in [4.78, 5) is 0. The molecular formula is C18H30. The molecular weight excluding hydrogens is 216 g/mol. The normalized spacial score (nSPS) is 38.6. The van der Waals surface area contributed by atoms with Gasteiger partial charge < -0.3 is 0 Å². The third kappa shape index (κ3) is 4.30. The van der Waals surface area contributed by atoms with Crippen molar-refractivity contribution in [2.45, 2.75) is 65.2 Å². The zero-order chi connectivity index (χ0) is 12.8. The van der Waals surface area contributed by atoms with E-state index in [2.05, 4.69) is 38.2 Å². The Kier molecular flexibility index (Phi) is 5.53. The van der Waals surface area contributed by atoms with Crippen molar-refractivity contribution in [3.05, 3.63) is 24.3 Å². The van der Waals surface area contributed by atoms with Gasteiger partial charge in [-0.15, -0.1) is 0 Å². The molecule has 2 fully saturated rings. The number of allylic oxidation sites excluding steroid dienone is 4. The van der Waals surface area contributed by atoms with Gasteiger partial charge in [-0.25, -0.2) is 0 Å². The molecule has 18 heavy (non-hydrogen) atoms. The van der Waals surface area contributed by atoms with Crippen molar-refractivity contribution >= 4 is 0 Å². The van der Waals surface area contributed by atoms with E-state index in [9.17, 15) is 0 Å². The van der Waals surface area contributed by atoms with Crippen molar-refractivity contribution in [1.82, 2.24) is 0 Å². The Morgan fingerprint density at radius 3 is 1.44 bits per heavy atom. The van der Waals surface area contributed by atoms with Crippen LogP contribution in [-0.4, -0.2) is 0 Å². The van der Waals surface area contributed by atoms with Crippen LogP contribution in [0.15, 0.2) is 24.3 Å². The third-order valence-electron chi connectivity index (χ3n) is 5.00. The molecule has 0 radical (unpaired) electrons. The molecule has 2 rings (SSSR count). The van der Waals surface area contributed by atoms with Crippen LogP contribution in [0.1, 0.15) is 65.2 Å². The molecule has 2 saturated carbocycles. The second-order valence-corrected chi connectivity index (χ2v) is 6.61. The first-order valence-corrected chi connectivity index (χ1v) is 8.09. The summed E-state index contributed by atoms with van der Waals surface area (Å²) < 4.78 is 0. The SMILES string of the molecule is CC=CC1CCC(/C=C/C2CCC(C)CC2)CC1.